The van der Waals surface area contributed by atoms with Gasteiger partial charge in [-0.05, 0) is 43.0 Å². The van der Waals surface area contributed by atoms with Gasteiger partial charge in [0.15, 0.2) is 0 Å². The van der Waals surface area contributed by atoms with Crippen molar-refractivity contribution in [3.05, 3.63) is 35.4 Å². The summed E-state index contributed by atoms with van der Waals surface area (Å²) in [4.78, 5) is 11.8. The Morgan fingerprint density at radius 3 is 2.47 bits per heavy atom. The van der Waals surface area contributed by atoms with E-state index in [1.165, 1.54) is 0 Å². The van der Waals surface area contributed by atoms with E-state index in [1.54, 1.807) is 0 Å². The number of amides is 1. The van der Waals surface area contributed by atoms with Crippen LogP contribution in [0, 0.1) is 5.92 Å². The summed E-state index contributed by atoms with van der Waals surface area (Å²) in [5.74, 6) is 0.663. The van der Waals surface area contributed by atoms with E-state index in [-0.39, 0.29) is 12.5 Å². The Kier molecular flexibility index (Phi) is 5.36. The second-order valence-electron chi connectivity index (χ2n) is 5.15. The zero-order valence-corrected chi connectivity index (χ0v) is 11.2. The first-order valence-electron chi connectivity index (χ1n) is 6.94. The van der Waals surface area contributed by atoms with Crippen molar-refractivity contribution in [2.75, 3.05) is 13.1 Å². The molecule has 104 valence electrons. The average molecular weight is 262 g/mol. The standard InChI is InChI=1S/C15H22N2O2/c18-11-14-3-1-13(2-4-14)10-17-15(19)9-12-5-7-16-8-6-12/h1-4,12,16,18H,5-11H2,(H,17,19). The van der Waals surface area contributed by atoms with Gasteiger partial charge in [0.05, 0.1) is 6.61 Å². The minimum atomic E-state index is 0.0579. The largest absolute Gasteiger partial charge is 0.392 e. The van der Waals surface area contributed by atoms with E-state index in [2.05, 4.69) is 10.6 Å². The van der Waals surface area contributed by atoms with Crippen molar-refractivity contribution in [3.63, 3.8) is 0 Å². The van der Waals surface area contributed by atoms with E-state index in [4.69, 9.17) is 5.11 Å². The molecule has 0 atom stereocenters. The maximum absolute atomic E-state index is 11.8. The average Bonchev–Trinajstić information content (AvgIpc) is 2.47. The second-order valence-corrected chi connectivity index (χ2v) is 5.15. The molecule has 1 saturated heterocycles. The molecule has 19 heavy (non-hydrogen) atoms. The molecule has 1 aliphatic heterocycles. The van der Waals surface area contributed by atoms with E-state index in [0.29, 0.717) is 18.9 Å². The lowest BCUT2D eigenvalue weighted by atomic mass is 9.94. The summed E-state index contributed by atoms with van der Waals surface area (Å²) >= 11 is 0. The molecule has 1 aromatic carbocycles. The fourth-order valence-corrected chi connectivity index (χ4v) is 2.38. The molecular weight excluding hydrogens is 240 g/mol. The summed E-state index contributed by atoms with van der Waals surface area (Å²) in [7, 11) is 0. The highest BCUT2D eigenvalue weighted by molar-refractivity contribution is 5.76. The first-order chi connectivity index (χ1) is 9.28. The molecule has 0 spiro atoms. The van der Waals surface area contributed by atoms with Gasteiger partial charge in [-0.2, -0.15) is 0 Å². The van der Waals surface area contributed by atoms with Crippen LogP contribution in [-0.4, -0.2) is 24.1 Å². The van der Waals surface area contributed by atoms with Gasteiger partial charge in [0.1, 0.15) is 0 Å². The van der Waals surface area contributed by atoms with Crippen molar-refractivity contribution < 1.29 is 9.90 Å². The van der Waals surface area contributed by atoms with E-state index in [1.807, 2.05) is 24.3 Å². The number of aliphatic hydroxyl groups excluding tert-OH is 1. The number of rotatable bonds is 5. The number of nitrogens with one attached hydrogen (secondary N) is 2. The summed E-state index contributed by atoms with van der Waals surface area (Å²) in [5.41, 5.74) is 1.96. The van der Waals surface area contributed by atoms with Crippen LogP contribution in [0.1, 0.15) is 30.4 Å². The number of benzene rings is 1. The minimum absolute atomic E-state index is 0.0579. The third-order valence-electron chi connectivity index (χ3n) is 3.63. The van der Waals surface area contributed by atoms with Crippen LogP contribution in [0.25, 0.3) is 0 Å². The molecular formula is C15H22N2O2. The molecule has 1 fully saturated rings. The maximum atomic E-state index is 11.8. The van der Waals surface area contributed by atoms with Gasteiger partial charge in [0.2, 0.25) is 5.91 Å². The van der Waals surface area contributed by atoms with Crippen LogP contribution in [-0.2, 0) is 17.9 Å². The van der Waals surface area contributed by atoms with E-state index < -0.39 is 0 Å². The number of carbonyl (C=O) groups excluding carboxylic acids is 1. The Balaban J connectivity index is 1.72. The molecule has 1 aliphatic rings. The normalized spacial score (nSPS) is 16.3. The molecule has 1 amide bonds. The summed E-state index contributed by atoms with van der Waals surface area (Å²) < 4.78 is 0. The van der Waals surface area contributed by atoms with Crippen LogP contribution in [0.3, 0.4) is 0 Å². The highest BCUT2D eigenvalue weighted by atomic mass is 16.3. The highest BCUT2D eigenvalue weighted by Gasteiger charge is 2.16. The van der Waals surface area contributed by atoms with E-state index >= 15 is 0 Å². The van der Waals surface area contributed by atoms with Crippen molar-refractivity contribution in [1.82, 2.24) is 10.6 Å². The first kappa shape index (κ1) is 14.0. The Labute approximate surface area is 114 Å². The Morgan fingerprint density at radius 2 is 1.84 bits per heavy atom. The molecule has 2 rings (SSSR count). The molecule has 0 aliphatic carbocycles. The zero-order chi connectivity index (χ0) is 13.5. The van der Waals surface area contributed by atoms with Crippen LogP contribution in [0.5, 0.6) is 0 Å². The summed E-state index contributed by atoms with van der Waals surface area (Å²) in [6, 6.07) is 7.65. The van der Waals surface area contributed by atoms with Crippen molar-refractivity contribution in [2.45, 2.75) is 32.4 Å². The molecule has 1 heterocycles. The van der Waals surface area contributed by atoms with Crippen LogP contribution in [0.2, 0.25) is 0 Å². The van der Waals surface area contributed by atoms with Gasteiger partial charge < -0.3 is 15.7 Å². The quantitative estimate of drug-likeness (QED) is 0.747. The van der Waals surface area contributed by atoms with Crippen molar-refractivity contribution in [2.24, 2.45) is 5.92 Å². The summed E-state index contributed by atoms with van der Waals surface area (Å²) in [5, 5.41) is 15.2. The number of piperidine rings is 1. The van der Waals surface area contributed by atoms with E-state index in [9.17, 15) is 4.79 Å². The summed E-state index contributed by atoms with van der Waals surface area (Å²) in [6.07, 6.45) is 2.83. The van der Waals surface area contributed by atoms with Gasteiger partial charge in [0.25, 0.3) is 0 Å². The lowest BCUT2D eigenvalue weighted by Gasteiger charge is -2.21. The highest BCUT2D eigenvalue weighted by Crippen LogP contribution is 2.15. The van der Waals surface area contributed by atoms with Crippen LogP contribution in [0.4, 0.5) is 0 Å². The molecule has 0 aromatic heterocycles. The van der Waals surface area contributed by atoms with Gasteiger partial charge in [-0.1, -0.05) is 24.3 Å². The fraction of sp³-hybridized carbons (Fsp3) is 0.533. The molecule has 4 nitrogen and oxygen atoms in total. The van der Waals surface area contributed by atoms with Gasteiger partial charge in [0, 0.05) is 13.0 Å². The number of hydrogen-bond acceptors (Lipinski definition) is 3. The lowest BCUT2D eigenvalue weighted by Crippen LogP contribution is -2.32. The minimum Gasteiger partial charge on any atom is -0.392 e. The fourth-order valence-electron chi connectivity index (χ4n) is 2.38. The third-order valence-corrected chi connectivity index (χ3v) is 3.63. The van der Waals surface area contributed by atoms with Crippen molar-refractivity contribution >= 4 is 5.91 Å². The molecule has 0 bridgehead atoms. The smallest absolute Gasteiger partial charge is 0.220 e. The van der Waals surface area contributed by atoms with Gasteiger partial charge in [-0.15, -0.1) is 0 Å². The van der Waals surface area contributed by atoms with Crippen LogP contribution < -0.4 is 10.6 Å². The number of hydrogen-bond donors (Lipinski definition) is 3. The SMILES string of the molecule is O=C(CC1CCNCC1)NCc1ccc(CO)cc1. The zero-order valence-electron chi connectivity index (χ0n) is 11.2. The number of carbonyl (C=O) groups is 1. The van der Waals surface area contributed by atoms with Gasteiger partial charge in [-0.3, -0.25) is 4.79 Å². The predicted molar refractivity (Wildman–Crippen MR) is 74.4 cm³/mol. The monoisotopic (exact) mass is 262 g/mol. The topological polar surface area (TPSA) is 61.4 Å². The number of aliphatic hydroxyl groups is 1. The first-order valence-corrected chi connectivity index (χ1v) is 6.94. The molecule has 0 saturated carbocycles. The third kappa shape index (κ3) is 4.65. The van der Waals surface area contributed by atoms with Gasteiger partial charge >= 0.3 is 0 Å². The molecule has 4 heteroatoms. The molecule has 1 aromatic rings. The lowest BCUT2D eigenvalue weighted by molar-refractivity contribution is -0.122. The van der Waals surface area contributed by atoms with Crippen LogP contribution >= 0.6 is 0 Å². The maximum Gasteiger partial charge on any atom is 0.220 e. The Bertz CT molecular complexity index is 397. The predicted octanol–water partition coefficient (Wildman–Crippen LogP) is 1.18. The Hall–Kier alpha value is -1.39. The molecule has 0 unspecified atom stereocenters. The second kappa shape index (κ2) is 7.26. The van der Waals surface area contributed by atoms with Crippen LogP contribution in [0.15, 0.2) is 24.3 Å². The Morgan fingerprint density at radius 1 is 1.21 bits per heavy atom. The van der Waals surface area contributed by atoms with Crippen molar-refractivity contribution in [1.29, 1.82) is 0 Å². The summed E-state index contributed by atoms with van der Waals surface area (Å²) in [6.45, 7) is 2.68. The van der Waals surface area contributed by atoms with E-state index in [0.717, 1.165) is 37.1 Å². The molecule has 0 radical (unpaired) electrons. The van der Waals surface area contributed by atoms with Gasteiger partial charge in [-0.25, -0.2) is 0 Å². The van der Waals surface area contributed by atoms with Crippen molar-refractivity contribution in [3.8, 4) is 0 Å². The molecule has 3 N–H and O–H groups in total.